The maximum Gasteiger partial charge on any atom is 0.339 e. The number of hydrogen-bond acceptors (Lipinski definition) is 3. The largest absolute Gasteiger partial charge is 0.487 e. The van der Waals surface area contributed by atoms with Crippen LogP contribution in [0.5, 0.6) is 5.75 Å². The van der Waals surface area contributed by atoms with Crippen molar-refractivity contribution >= 4 is 28.6 Å². The first-order valence-corrected chi connectivity index (χ1v) is 7.53. The van der Waals surface area contributed by atoms with Crippen LogP contribution in [0, 0.1) is 3.57 Å². The number of halogens is 1. The van der Waals surface area contributed by atoms with E-state index < -0.39 is 12.1 Å². The number of ether oxygens (including phenoxy) is 1. The van der Waals surface area contributed by atoms with E-state index in [1.54, 1.807) is 12.1 Å². The summed E-state index contributed by atoms with van der Waals surface area (Å²) in [6, 6.07) is 5.07. The molecule has 0 radical (unpaired) electrons. The van der Waals surface area contributed by atoms with Gasteiger partial charge in [0.05, 0.1) is 6.10 Å². The number of benzene rings is 1. The van der Waals surface area contributed by atoms with Gasteiger partial charge in [-0.2, -0.15) is 0 Å². The first kappa shape index (κ1) is 14.6. The minimum atomic E-state index is -1.00. The maximum atomic E-state index is 11.2. The predicted molar refractivity (Wildman–Crippen MR) is 79.6 cm³/mol. The van der Waals surface area contributed by atoms with Crippen molar-refractivity contribution in [3.05, 3.63) is 27.3 Å². The highest BCUT2D eigenvalue weighted by Gasteiger charge is 2.25. The lowest BCUT2D eigenvalue weighted by molar-refractivity contribution is 0.0305. The van der Waals surface area contributed by atoms with Crippen molar-refractivity contribution in [1.82, 2.24) is 0 Å². The smallest absolute Gasteiger partial charge is 0.339 e. The Labute approximate surface area is 125 Å². The van der Waals surface area contributed by atoms with Gasteiger partial charge in [0, 0.05) is 3.57 Å². The van der Waals surface area contributed by atoms with Crippen LogP contribution in [0.15, 0.2) is 18.2 Å². The Morgan fingerprint density at radius 1 is 1.26 bits per heavy atom. The van der Waals surface area contributed by atoms with Gasteiger partial charge in [-0.1, -0.05) is 12.8 Å². The van der Waals surface area contributed by atoms with Crippen LogP contribution in [0.25, 0.3) is 0 Å². The Morgan fingerprint density at radius 2 is 2.00 bits per heavy atom. The van der Waals surface area contributed by atoms with Crippen LogP contribution in [0.1, 0.15) is 42.5 Å². The van der Waals surface area contributed by atoms with Crippen LogP contribution in [-0.4, -0.2) is 28.4 Å². The van der Waals surface area contributed by atoms with E-state index in [1.165, 1.54) is 0 Å². The van der Waals surface area contributed by atoms with Crippen LogP contribution in [-0.2, 0) is 0 Å². The van der Waals surface area contributed by atoms with E-state index in [1.807, 2.05) is 6.07 Å². The molecule has 1 fully saturated rings. The van der Waals surface area contributed by atoms with Gasteiger partial charge in [-0.05, 0) is 60.1 Å². The quantitative estimate of drug-likeness (QED) is 0.629. The van der Waals surface area contributed by atoms with Gasteiger partial charge in [-0.15, -0.1) is 0 Å². The zero-order chi connectivity index (χ0) is 13.8. The van der Waals surface area contributed by atoms with E-state index in [-0.39, 0.29) is 11.7 Å². The Bertz CT molecular complexity index is 461. The number of carbonyl (C=O) groups is 1. The molecule has 0 aliphatic heterocycles. The Hall–Kier alpha value is -0.820. The highest BCUT2D eigenvalue weighted by Crippen LogP contribution is 2.27. The number of aromatic carboxylic acids is 1. The van der Waals surface area contributed by atoms with E-state index >= 15 is 0 Å². The van der Waals surface area contributed by atoms with Crippen LogP contribution in [0.2, 0.25) is 0 Å². The second-order valence-corrected chi connectivity index (χ2v) is 6.05. The molecule has 0 heterocycles. The molecule has 0 amide bonds. The van der Waals surface area contributed by atoms with E-state index in [2.05, 4.69) is 22.6 Å². The lowest BCUT2D eigenvalue weighted by Crippen LogP contribution is -2.31. The summed E-state index contributed by atoms with van der Waals surface area (Å²) in [5.41, 5.74) is 0.156. The summed E-state index contributed by atoms with van der Waals surface area (Å²) < 4.78 is 6.61. The standard InChI is InChI=1S/C14H17IO4/c15-9-6-7-12(10(8-9)14(17)18)19-13-5-3-1-2-4-11(13)16/h6-8,11,13,16H,1-5H2,(H,17,18). The molecule has 0 spiro atoms. The average molecular weight is 376 g/mol. The molecule has 2 rings (SSSR count). The molecule has 0 aromatic heterocycles. The zero-order valence-corrected chi connectivity index (χ0v) is 12.7. The van der Waals surface area contributed by atoms with Gasteiger partial charge in [-0.25, -0.2) is 4.79 Å². The number of aliphatic hydroxyl groups is 1. The van der Waals surface area contributed by atoms with Crippen LogP contribution in [0.3, 0.4) is 0 Å². The highest BCUT2D eigenvalue weighted by molar-refractivity contribution is 14.1. The Balaban J connectivity index is 2.19. The second kappa shape index (κ2) is 6.56. The fourth-order valence-corrected chi connectivity index (χ4v) is 2.82. The molecule has 2 N–H and O–H groups in total. The number of carboxylic acid groups (broad SMARTS) is 1. The summed E-state index contributed by atoms with van der Waals surface area (Å²) in [5.74, 6) is -0.657. The van der Waals surface area contributed by atoms with Crippen molar-refractivity contribution in [1.29, 1.82) is 0 Å². The molecule has 104 valence electrons. The van der Waals surface area contributed by atoms with Crippen molar-refractivity contribution in [3.63, 3.8) is 0 Å². The van der Waals surface area contributed by atoms with Crippen molar-refractivity contribution in [3.8, 4) is 5.75 Å². The molecule has 4 nitrogen and oxygen atoms in total. The molecule has 0 bridgehead atoms. The monoisotopic (exact) mass is 376 g/mol. The number of rotatable bonds is 3. The summed E-state index contributed by atoms with van der Waals surface area (Å²) >= 11 is 2.07. The van der Waals surface area contributed by atoms with Crippen LogP contribution >= 0.6 is 22.6 Å². The molecular weight excluding hydrogens is 359 g/mol. The minimum Gasteiger partial charge on any atom is -0.487 e. The third kappa shape index (κ3) is 3.82. The number of carboxylic acids is 1. The van der Waals surface area contributed by atoms with Crippen LogP contribution in [0.4, 0.5) is 0 Å². The van der Waals surface area contributed by atoms with E-state index in [4.69, 9.17) is 4.74 Å². The Morgan fingerprint density at radius 3 is 2.74 bits per heavy atom. The summed E-state index contributed by atoms with van der Waals surface area (Å²) in [6.45, 7) is 0. The van der Waals surface area contributed by atoms with Gasteiger partial charge >= 0.3 is 5.97 Å². The predicted octanol–water partition coefficient (Wildman–Crippen LogP) is 3.06. The number of aliphatic hydroxyl groups excluding tert-OH is 1. The SMILES string of the molecule is O=C(O)c1cc(I)ccc1OC1CCCCCC1O. The Kier molecular flexibility index (Phi) is 5.04. The summed E-state index contributed by atoms with van der Waals surface area (Å²) in [7, 11) is 0. The van der Waals surface area contributed by atoms with Crippen LogP contribution < -0.4 is 4.74 Å². The molecule has 5 heteroatoms. The van der Waals surface area contributed by atoms with Gasteiger partial charge in [0.25, 0.3) is 0 Å². The van der Waals surface area contributed by atoms with E-state index in [0.717, 1.165) is 35.7 Å². The fourth-order valence-electron chi connectivity index (χ4n) is 2.33. The third-order valence-electron chi connectivity index (χ3n) is 3.37. The second-order valence-electron chi connectivity index (χ2n) is 4.81. The molecule has 1 aliphatic rings. The first-order valence-electron chi connectivity index (χ1n) is 6.45. The molecular formula is C14H17IO4. The van der Waals surface area contributed by atoms with Gasteiger partial charge in [-0.3, -0.25) is 0 Å². The first-order chi connectivity index (χ1) is 9.08. The molecule has 2 atom stereocenters. The van der Waals surface area contributed by atoms with Crippen molar-refractivity contribution < 1.29 is 19.7 Å². The van der Waals surface area contributed by atoms with Gasteiger partial charge in [0.15, 0.2) is 0 Å². The average Bonchev–Trinajstić information content (AvgIpc) is 2.57. The van der Waals surface area contributed by atoms with E-state index in [9.17, 15) is 15.0 Å². The molecule has 1 aromatic carbocycles. The van der Waals surface area contributed by atoms with Gasteiger partial charge in [0.1, 0.15) is 17.4 Å². The van der Waals surface area contributed by atoms with Gasteiger partial charge < -0.3 is 14.9 Å². The summed E-state index contributed by atoms with van der Waals surface area (Å²) in [5, 5.41) is 19.2. The molecule has 1 aliphatic carbocycles. The maximum absolute atomic E-state index is 11.2. The molecule has 1 aromatic rings. The molecule has 19 heavy (non-hydrogen) atoms. The van der Waals surface area contributed by atoms with E-state index in [0.29, 0.717) is 5.75 Å². The normalized spacial score (nSPS) is 23.7. The summed E-state index contributed by atoms with van der Waals surface area (Å²) in [6.07, 6.45) is 3.77. The molecule has 0 saturated heterocycles. The fraction of sp³-hybridized carbons (Fsp3) is 0.500. The highest BCUT2D eigenvalue weighted by atomic mass is 127. The van der Waals surface area contributed by atoms with Gasteiger partial charge in [0.2, 0.25) is 0 Å². The lowest BCUT2D eigenvalue weighted by atomic mass is 10.1. The molecule has 1 saturated carbocycles. The zero-order valence-electron chi connectivity index (χ0n) is 10.5. The van der Waals surface area contributed by atoms with Crippen molar-refractivity contribution in [2.45, 2.75) is 44.3 Å². The minimum absolute atomic E-state index is 0.156. The summed E-state index contributed by atoms with van der Waals surface area (Å²) in [4.78, 5) is 11.2. The topological polar surface area (TPSA) is 66.8 Å². The third-order valence-corrected chi connectivity index (χ3v) is 4.04. The lowest BCUT2D eigenvalue weighted by Gasteiger charge is -2.23. The van der Waals surface area contributed by atoms with Crippen molar-refractivity contribution in [2.75, 3.05) is 0 Å². The van der Waals surface area contributed by atoms with Crippen molar-refractivity contribution in [2.24, 2.45) is 0 Å². The molecule has 2 unspecified atom stereocenters. The number of hydrogen-bond donors (Lipinski definition) is 2.